The highest BCUT2D eigenvalue weighted by Gasteiger charge is 2.24. The molecule has 1 unspecified atom stereocenters. The molecule has 0 bridgehead atoms. The van der Waals surface area contributed by atoms with Crippen LogP contribution in [0.4, 0.5) is 0 Å². The number of hydrogen-bond acceptors (Lipinski definition) is 4. The lowest BCUT2D eigenvalue weighted by atomic mass is 10.1. The third kappa shape index (κ3) is 3.96. The zero-order valence-electron chi connectivity index (χ0n) is 17.3. The van der Waals surface area contributed by atoms with Crippen LogP contribution in [0.25, 0.3) is 11.3 Å². The Kier molecular flexibility index (Phi) is 5.49. The zero-order valence-corrected chi connectivity index (χ0v) is 17.3. The van der Waals surface area contributed by atoms with Gasteiger partial charge in [0, 0.05) is 24.8 Å². The average Bonchev–Trinajstić information content (AvgIpc) is 3.45. The number of carbonyl (C=O) groups is 1. The van der Waals surface area contributed by atoms with Gasteiger partial charge in [0.25, 0.3) is 5.91 Å². The van der Waals surface area contributed by atoms with Crippen LogP contribution in [0.15, 0.2) is 36.4 Å². The van der Waals surface area contributed by atoms with Crippen LogP contribution in [0.3, 0.4) is 0 Å². The summed E-state index contributed by atoms with van der Waals surface area (Å²) in [6.07, 6.45) is 2.43. The van der Waals surface area contributed by atoms with Gasteiger partial charge in [-0.3, -0.25) is 19.5 Å². The first-order chi connectivity index (χ1) is 14.0. The van der Waals surface area contributed by atoms with Crippen LogP contribution >= 0.6 is 0 Å². The molecule has 29 heavy (non-hydrogen) atoms. The number of aromatic nitrogens is 4. The molecule has 7 nitrogen and oxygen atoms in total. The van der Waals surface area contributed by atoms with Crippen LogP contribution < -0.4 is 5.32 Å². The molecule has 1 aromatic carbocycles. The number of amides is 1. The minimum atomic E-state index is -0.136. The maximum atomic E-state index is 12.8. The van der Waals surface area contributed by atoms with Crippen LogP contribution in [0.1, 0.15) is 46.3 Å². The van der Waals surface area contributed by atoms with Crippen LogP contribution in [0.5, 0.6) is 0 Å². The predicted molar refractivity (Wildman–Crippen MR) is 113 cm³/mol. The number of nitrogens with zero attached hydrogens (tertiary/aromatic N) is 4. The third-order valence-corrected chi connectivity index (χ3v) is 5.81. The monoisotopic (exact) mass is 392 g/mol. The summed E-state index contributed by atoms with van der Waals surface area (Å²) in [5, 5.41) is 14.8. The standard InChI is InChI=1S/C22H28N6O/c1-15-21(16(2)27(3)26-15)18-13-19(25-24-18)22(29)23-14-20(28-11-7-8-12-28)17-9-5-4-6-10-17/h4-6,9-10,13,20H,7-8,11-12,14H2,1-3H3,(H,23,29)(H,24,25). The summed E-state index contributed by atoms with van der Waals surface area (Å²) >= 11 is 0. The van der Waals surface area contributed by atoms with Crippen molar-refractivity contribution in [3.05, 3.63) is 59.0 Å². The molecule has 1 amide bonds. The summed E-state index contributed by atoms with van der Waals surface area (Å²) in [4.78, 5) is 15.2. The molecule has 0 spiro atoms. The van der Waals surface area contributed by atoms with E-state index >= 15 is 0 Å². The molecule has 4 rings (SSSR count). The normalized spacial score (nSPS) is 15.6. The van der Waals surface area contributed by atoms with Gasteiger partial charge in [-0.05, 0) is 51.4 Å². The smallest absolute Gasteiger partial charge is 0.269 e. The molecule has 0 saturated carbocycles. The summed E-state index contributed by atoms with van der Waals surface area (Å²) in [5.41, 5.74) is 5.36. The molecule has 0 aliphatic carbocycles. The first-order valence-electron chi connectivity index (χ1n) is 10.2. The Morgan fingerprint density at radius 2 is 1.93 bits per heavy atom. The van der Waals surface area contributed by atoms with Crippen molar-refractivity contribution >= 4 is 5.91 Å². The molecular weight excluding hydrogens is 364 g/mol. The molecule has 3 heterocycles. The molecule has 7 heteroatoms. The maximum absolute atomic E-state index is 12.8. The Morgan fingerprint density at radius 3 is 2.59 bits per heavy atom. The highest BCUT2D eigenvalue weighted by Crippen LogP contribution is 2.26. The largest absolute Gasteiger partial charge is 0.349 e. The fourth-order valence-electron chi connectivity index (χ4n) is 4.18. The van der Waals surface area contributed by atoms with Crippen LogP contribution in [-0.2, 0) is 7.05 Å². The van der Waals surface area contributed by atoms with Crippen molar-refractivity contribution in [2.75, 3.05) is 19.6 Å². The Hall–Kier alpha value is -2.93. The van der Waals surface area contributed by atoms with E-state index in [4.69, 9.17) is 0 Å². The number of aromatic amines is 1. The van der Waals surface area contributed by atoms with Gasteiger partial charge < -0.3 is 5.32 Å². The number of H-pyrrole nitrogens is 1. The predicted octanol–water partition coefficient (Wildman–Crippen LogP) is 2.99. The van der Waals surface area contributed by atoms with E-state index in [-0.39, 0.29) is 11.9 Å². The number of hydrogen-bond donors (Lipinski definition) is 2. The second-order valence-corrected chi connectivity index (χ2v) is 7.72. The number of rotatable bonds is 6. The number of aryl methyl sites for hydroxylation is 2. The summed E-state index contributed by atoms with van der Waals surface area (Å²) in [6.45, 7) is 6.68. The van der Waals surface area contributed by atoms with Gasteiger partial charge in [0.15, 0.2) is 0 Å². The van der Waals surface area contributed by atoms with E-state index in [1.54, 1.807) is 6.07 Å². The number of carbonyl (C=O) groups excluding carboxylic acids is 1. The van der Waals surface area contributed by atoms with E-state index in [0.29, 0.717) is 12.2 Å². The molecule has 152 valence electrons. The molecule has 1 saturated heterocycles. The molecule has 1 aliphatic heterocycles. The van der Waals surface area contributed by atoms with Crippen molar-refractivity contribution in [1.29, 1.82) is 0 Å². The topological polar surface area (TPSA) is 78.8 Å². The molecule has 1 aliphatic rings. The second-order valence-electron chi connectivity index (χ2n) is 7.72. The molecule has 2 N–H and O–H groups in total. The lowest BCUT2D eigenvalue weighted by Gasteiger charge is -2.28. The maximum Gasteiger partial charge on any atom is 0.269 e. The summed E-state index contributed by atoms with van der Waals surface area (Å²) in [5.74, 6) is -0.136. The van der Waals surface area contributed by atoms with E-state index in [1.165, 1.54) is 18.4 Å². The van der Waals surface area contributed by atoms with Gasteiger partial charge >= 0.3 is 0 Å². The fraction of sp³-hybridized carbons (Fsp3) is 0.409. The Labute approximate surface area is 171 Å². The quantitative estimate of drug-likeness (QED) is 0.676. The van der Waals surface area contributed by atoms with Crippen molar-refractivity contribution in [1.82, 2.24) is 30.2 Å². The first-order valence-corrected chi connectivity index (χ1v) is 10.2. The van der Waals surface area contributed by atoms with Gasteiger partial charge in [0.05, 0.1) is 17.4 Å². The lowest BCUT2D eigenvalue weighted by Crippen LogP contribution is -2.36. The Balaban J connectivity index is 1.48. The van der Waals surface area contributed by atoms with Crippen molar-refractivity contribution in [2.45, 2.75) is 32.7 Å². The van der Waals surface area contributed by atoms with E-state index in [9.17, 15) is 4.79 Å². The van der Waals surface area contributed by atoms with E-state index in [0.717, 1.165) is 35.7 Å². The fourth-order valence-corrected chi connectivity index (χ4v) is 4.18. The van der Waals surface area contributed by atoms with Crippen molar-refractivity contribution in [3.8, 4) is 11.3 Å². The van der Waals surface area contributed by atoms with Crippen molar-refractivity contribution in [3.63, 3.8) is 0 Å². The average molecular weight is 393 g/mol. The summed E-state index contributed by atoms with van der Waals surface area (Å²) < 4.78 is 1.83. The molecular formula is C22H28N6O. The van der Waals surface area contributed by atoms with Gasteiger partial charge in [-0.15, -0.1) is 0 Å². The summed E-state index contributed by atoms with van der Waals surface area (Å²) in [6, 6.07) is 12.4. The first kappa shape index (κ1) is 19.4. The van der Waals surface area contributed by atoms with Crippen molar-refractivity contribution < 1.29 is 4.79 Å². The SMILES string of the molecule is Cc1nn(C)c(C)c1-c1cc(C(=O)NCC(c2ccccc2)N2CCCC2)[nH]n1. The van der Waals surface area contributed by atoms with E-state index in [2.05, 4.69) is 49.8 Å². The second kappa shape index (κ2) is 8.21. The van der Waals surface area contributed by atoms with Gasteiger partial charge in [-0.1, -0.05) is 30.3 Å². The number of benzene rings is 1. The van der Waals surface area contributed by atoms with E-state index < -0.39 is 0 Å². The highest BCUT2D eigenvalue weighted by atomic mass is 16.1. The molecule has 0 radical (unpaired) electrons. The molecule has 1 atom stereocenters. The lowest BCUT2D eigenvalue weighted by molar-refractivity contribution is 0.0933. The Morgan fingerprint density at radius 1 is 1.21 bits per heavy atom. The third-order valence-electron chi connectivity index (χ3n) is 5.81. The molecule has 2 aromatic heterocycles. The number of likely N-dealkylation sites (tertiary alicyclic amines) is 1. The van der Waals surface area contributed by atoms with Gasteiger partial charge in [-0.2, -0.15) is 10.2 Å². The molecule has 3 aromatic rings. The summed E-state index contributed by atoms with van der Waals surface area (Å²) in [7, 11) is 1.91. The minimum absolute atomic E-state index is 0.136. The van der Waals surface area contributed by atoms with Crippen LogP contribution in [-0.4, -0.2) is 50.4 Å². The van der Waals surface area contributed by atoms with Gasteiger partial charge in [0.2, 0.25) is 0 Å². The number of nitrogens with one attached hydrogen (secondary N) is 2. The van der Waals surface area contributed by atoms with Crippen LogP contribution in [0.2, 0.25) is 0 Å². The minimum Gasteiger partial charge on any atom is -0.349 e. The molecule has 1 fully saturated rings. The van der Waals surface area contributed by atoms with E-state index in [1.807, 2.05) is 31.6 Å². The highest BCUT2D eigenvalue weighted by molar-refractivity contribution is 5.93. The Bertz CT molecular complexity index is 984. The zero-order chi connectivity index (χ0) is 20.4. The van der Waals surface area contributed by atoms with Gasteiger partial charge in [-0.25, -0.2) is 0 Å². The van der Waals surface area contributed by atoms with Gasteiger partial charge in [0.1, 0.15) is 5.69 Å². The van der Waals surface area contributed by atoms with Crippen LogP contribution in [0, 0.1) is 13.8 Å². The van der Waals surface area contributed by atoms with Crippen molar-refractivity contribution in [2.24, 2.45) is 7.05 Å².